The molecule has 0 saturated heterocycles. The first-order valence-corrected chi connectivity index (χ1v) is 7.65. The van der Waals surface area contributed by atoms with Crippen LogP contribution in [0.15, 0.2) is 28.7 Å². The Morgan fingerprint density at radius 1 is 1.14 bits per heavy atom. The maximum atomic E-state index is 13.6. The molecule has 112 valence electrons. The van der Waals surface area contributed by atoms with Gasteiger partial charge in [0, 0.05) is 16.1 Å². The summed E-state index contributed by atoms with van der Waals surface area (Å²) in [6, 6.07) is 5.93. The van der Waals surface area contributed by atoms with Crippen LogP contribution in [0.3, 0.4) is 0 Å². The number of aliphatic hydroxyl groups is 1. The second-order valence-electron chi connectivity index (χ2n) is 4.61. The number of aryl methyl sites for hydroxylation is 1. The van der Waals surface area contributed by atoms with Crippen LogP contribution in [0, 0.1) is 12.7 Å². The number of rotatable bonds is 3. The van der Waals surface area contributed by atoms with Gasteiger partial charge in [-0.15, -0.1) is 0 Å². The number of halogens is 4. The van der Waals surface area contributed by atoms with Gasteiger partial charge in [-0.25, -0.2) is 4.39 Å². The Hall–Kier alpha value is -0.810. The van der Waals surface area contributed by atoms with Crippen molar-refractivity contribution in [1.29, 1.82) is 0 Å². The molecule has 0 heterocycles. The lowest BCUT2D eigenvalue weighted by Gasteiger charge is -2.16. The van der Waals surface area contributed by atoms with Gasteiger partial charge in [0.1, 0.15) is 17.3 Å². The lowest BCUT2D eigenvalue weighted by molar-refractivity contribution is 0.195. The van der Waals surface area contributed by atoms with E-state index in [0.717, 1.165) is 0 Å². The monoisotopic (exact) mass is 392 g/mol. The molecule has 0 saturated carbocycles. The minimum Gasteiger partial charge on any atom is -0.455 e. The second-order valence-corrected chi connectivity index (χ2v) is 6.28. The predicted octanol–water partition coefficient (Wildman–Crippen LogP) is 6.05. The highest BCUT2D eigenvalue weighted by atomic mass is 79.9. The Morgan fingerprint density at radius 2 is 1.81 bits per heavy atom. The molecular weight excluding hydrogens is 382 g/mol. The molecule has 2 aromatic rings. The maximum Gasteiger partial charge on any atom is 0.147 e. The van der Waals surface area contributed by atoms with Crippen molar-refractivity contribution < 1.29 is 14.2 Å². The molecule has 2 aromatic carbocycles. The van der Waals surface area contributed by atoms with Crippen LogP contribution in [-0.2, 0) is 0 Å². The molecule has 0 bridgehead atoms. The van der Waals surface area contributed by atoms with E-state index in [-0.39, 0.29) is 0 Å². The van der Waals surface area contributed by atoms with E-state index in [1.807, 2.05) is 0 Å². The summed E-state index contributed by atoms with van der Waals surface area (Å²) in [5, 5.41) is 10.5. The van der Waals surface area contributed by atoms with Gasteiger partial charge in [-0.2, -0.15) is 0 Å². The molecule has 21 heavy (non-hydrogen) atoms. The van der Waals surface area contributed by atoms with Gasteiger partial charge in [0.15, 0.2) is 0 Å². The average Bonchev–Trinajstić information content (AvgIpc) is 2.39. The molecule has 0 aliphatic carbocycles. The Balaban J connectivity index is 2.48. The Bertz CT molecular complexity index is 690. The van der Waals surface area contributed by atoms with Crippen LogP contribution in [0.2, 0.25) is 10.0 Å². The first-order chi connectivity index (χ1) is 9.79. The summed E-state index contributed by atoms with van der Waals surface area (Å²) in [6.45, 7) is 3.15. The van der Waals surface area contributed by atoms with Gasteiger partial charge in [0.25, 0.3) is 0 Å². The van der Waals surface area contributed by atoms with E-state index in [9.17, 15) is 9.50 Å². The molecule has 0 aliphatic heterocycles. The van der Waals surface area contributed by atoms with Gasteiger partial charge in [0.05, 0.1) is 16.1 Å². The van der Waals surface area contributed by atoms with Gasteiger partial charge in [-0.05, 0) is 53.5 Å². The number of benzene rings is 2. The Labute approximate surface area is 140 Å². The average molecular weight is 394 g/mol. The molecule has 0 spiro atoms. The Kier molecular flexibility index (Phi) is 5.15. The minimum absolute atomic E-state index is 0.331. The van der Waals surface area contributed by atoms with Crippen molar-refractivity contribution in [3.63, 3.8) is 0 Å². The van der Waals surface area contributed by atoms with Gasteiger partial charge >= 0.3 is 0 Å². The zero-order chi connectivity index (χ0) is 15.7. The summed E-state index contributed by atoms with van der Waals surface area (Å²) in [6.07, 6.45) is -0.875. The fourth-order valence-electron chi connectivity index (χ4n) is 1.79. The lowest BCUT2D eigenvalue weighted by Crippen LogP contribution is -1.99. The largest absolute Gasteiger partial charge is 0.455 e. The summed E-state index contributed by atoms with van der Waals surface area (Å²) in [7, 11) is 0. The summed E-state index contributed by atoms with van der Waals surface area (Å²) < 4.78 is 20.0. The van der Waals surface area contributed by atoms with E-state index in [1.54, 1.807) is 19.1 Å². The van der Waals surface area contributed by atoms with Crippen LogP contribution in [0.5, 0.6) is 11.5 Å². The summed E-state index contributed by atoms with van der Waals surface area (Å²) in [5.74, 6) is 0.264. The highest BCUT2D eigenvalue weighted by Crippen LogP contribution is 2.39. The van der Waals surface area contributed by atoms with E-state index >= 15 is 0 Å². The van der Waals surface area contributed by atoms with E-state index in [2.05, 4.69) is 15.9 Å². The maximum absolute atomic E-state index is 13.6. The fourth-order valence-corrected chi connectivity index (χ4v) is 2.62. The van der Waals surface area contributed by atoms with Crippen molar-refractivity contribution in [3.8, 4) is 11.5 Å². The minimum atomic E-state index is -0.875. The van der Waals surface area contributed by atoms with Gasteiger partial charge in [-0.1, -0.05) is 23.2 Å². The van der Waals surface area contributed by atoms with Crippen LogP contribution >= 0.6 is 39.1 Å². The Morgan fingerprint density at radius 3 is 2.43 bits per heavy atom. The molecule has 6 heteroatoms. The van der Waals surface area contributed by atoms with Crippen molar-refractivity contribution >= 4 is 39.1 Å². The second kappa shape index (κ2) is 6.53. The summed E-state index contributed by atoms with van der Waals surface area (Å²) in [4.78, 5) is 0. The normalized spacial score (nSPS) is 12.3. The molecule has 0 amide bonds. The van der Waals surface area contributed by atoms with E-state index in [4.69, 9.17) is 27.9 Å². The topological polar surface area (TPSA) is 29.5 Å². The molecule has 0 radical (unpaired) electrons. The van der Waals surface area contributed by atoms with Crippen LogP contribution in [0.1, 0.15) is 24.2 Å². The van der Waals surface area contributed by atoms with Crippen molar-refractivity contribution in [2.24, 2.45) is 0 Å². The molecule has 2 nitrogen and oxygen atoms in total. The molecule has 1 N–H and O–H groups in total. The third-order valence-corrected chi connectivity index (χ3v) is 4.43. The quantitative estimate of drug-likeness (QED) is 0.643. The lowest BCUT2D eigenvalue weighted by atomic mass is 10.1. The molecule has 0 aliphatic rings. The highest BCUT2D eigenvalue weighted by molar-refractivity contribution is 9.10. The van der Waals surface area contributed by atoms with E-state index < -0.39 is 11.9 Å². The smallest absolute Gasteiger partial charge is 0.147 e. The third-order valence-electron chi connectivity index (χ3n) is 2.94. The zero-order valence-electron chi connectivity index (χ0n) is 11.3. The van der Waals surface area contributed by atoms with Crippen LogP contribution in [0.25, 0.3) is 0 Å². The summed E-state index contributed by atoms with van der Waals surface area (Å²) in [5.41, 5.74) is 0.752. The fraction of sp³-hybridized carbons (Fsp3) is 0.200. The SMILES string of the molecule is Cc1cc(Oc2cc(Cl)c(Br)cc2Cl)c(C(C)O)cc1F. The van der Waals surface area contributed by atoms with Crippen LogP contribution < -0.4 is 4.74 Å². The van der Waals surface area contributed by atoms with Gasteiger partial charge in [0.2, 0.25) is 0 Å². The molecule has 0 aromatic heterocycles. The van der Waals surface area contributed by atoms with Crippen LogP contribution in [-0.4, -0.2) is 5.11 Å². The molecule has 1 atom stereocenters. The molecular formula is C15H12BrCl2FO2. The van der Waals surface area contributed by atoms with Crippen molar-refractivity contribution in [2.45, 2.75) is 20.0 Å². The van der Waals surface area contributed by atoms with Gasteiger partial charge < -0.3 is 9.84 Å². The highest BCUT2D eigenvalue weighted by Gasteiger charge is 2.16. The van der Waals surface area contributed by atoms with Crippen molar-refractivity contribution in [1.82, 2.24) is 0 Å². The predicted molar refractivity (Wildman–Crippen MR) is 86.0 cm³/mol. The number of hydrogen-bond donors (Lipinski definition) is 1. The van der Waals surface area contributed by atoms with Gasteiger partial charge in [-0.3, -0.25) is 0 Å². The standard InChI is InChI=1S/C15H12BrCl2FO2/c1-7-3-14(9(8(2)20)4-13(7)19)21-15-6-11(17)10(16)5-12(15)18/h3-6,8,20H,1-2H3. The first-order valence-electron chi connectivity index (χ1n) is 6.10. The first kappa shape index (κ1) is 16.6. The van der Waals surface area contributed by atoms with E-state index in [1.165, 1.54) is 19.1 Å². The molecule has 0 fully saturated rings. The summed E-state index contributed by atoms with van der Waals surface area (Å²) >= 11 is 15.4. The van der Waals surface area contributed by atoms with Crippen molar-refractivity contribution in [2.75, 3.05) is 0 Å². The third kappa shape index (κ3) is 3.69. The number of aliphatic hydroxyl groups excluding tert-OH is 1. The zero-order valence-corrected chi connectivity index (χ0v) is 14.4. The van der Waals surface area contributed by atoms with Crippen LogP contribution in [0.4, 0.5) is 4.39 Å². The van der Waals surface area contributed by atoms with E-state index in [0.29, 0.717) is 37.1 Å². The van der Waals surface area contributed by atoms with Crippen molar-refractivity contribution in [3.05, 3.63) is 55.7 Å². The number of hydrogen-bond acceptors (Lipinski definition) is 2. The number of ether oxygens (including phenoxy) is 1. The molecule has 1 unspecified atom stereocenters. The molecule has 2 rings (SSSR count).